The molecule has 2 fully saturated rings. The maximum atomic E-state index is 5.90. The Morgan fingerprint density at radius 1 is 1.26 bits per heavy atom. The third kappa shape index (κ3) is 4.95. The summed E-state index contributed by atoms with van der Waals surface area (Å²) in [5, 5.41) is 3.47. The van der Waals surface area contributed by atoms with Gasteiger partial charge in [0.2, 0.25) is 0 Å². The van der Waals surface area contributed by atoms with Crippen molar-refractivity contribution in [1.82, 2.24) is 10.2 Å². The Bertz CT molecular complexity index is 393. The molecular formula is C17H34IN3O2. The lowest BCUT2D eigenvalue weighted by Crippen LogP contribution is -2.72. The van der Waals surface area contributed by atoms with Crippen LogP contribution >= 0.6 is 24.0 Å². The van der Waals surface area contributed by atoms with E-state index in [1.165, 1.54) is 0 Å². The van der Waals surface area contributed by atoms with E-state index < -0.39 is 0 Å². The number of hydrogen-bond acceptors (Lipinski definition) is 3. The van der Waals surface area contributed by atoms with Crippen LogP contribution in [0.1, 0.15) is 47.0 Å². The molecule has 0 aliphatic carbocycles. The SMILES string of the molecule is CN=C(NCCCOC1CCOCC1)N1CC(C)(C)C1(C)C.I. The molecule has 0 spiro atoms. The van der Waals surface area contributed by atoms with Crippen molar-refractivity contribution in [2.45, 2.75) is 58.6 Å². The third-order valence-electron chi connectivity index (χ3n) is 5.48. The lowest BCUT2D eigenvalue weighted by molar-refractivity contribution is -0.0668. The van der Waals surface area contributed by atoms with E-state index in [2.05, 4.69) is 42.9 Å². The van der Waals surface area contributed by atoms with E-state index in [0.717, 1.165) is 58.1 Å². The van der Waals surface area contributed by atoms with E-state index in [1.807, 2.05) is 7.05 Å². The van der Waals surface area contributed by atoms with Crippen molar-refractivity contribution in [3.63, 3.8) is 0 Å². The monoisotopic (exact) mass is 439 g/mol. The zero-order valence-corrected chi connectivity index (χ0v) is 17.7. The highest BCUT2D eigenvalue weighted by Gasteiger charge is 2.53. The first-order chi connectivity index (χ1) is 10.4. The van der Waals surface area contributed by atoms with Crippen molar-refractivity contribution < 1.29 is 9.47 Å². The summed E-state index contributed by atoms with van der Waals surface area (Å²) < 4.78 is 11.2. The summed E-state index contributed by atoms with van der Waals surface area (Å²) in [5.41, 5.74) is 0.476. The minimum absolute atomic E-state index is 0. The summed E-state index contributed by atoms with van der Waals surface area (Å²) >= 11 is 0. The second-order valence-electron chi connectivity index (χ2n) is 7.54. The Kier molecular flexibility index (Phi) is 8.07. The van der Waals surface area contributed by atoms with Crippen molar-refractivity contribution in [1.29, 1.82) is 0 Å². The van der Waals surface area contributed by atoms with Gasteiger partial charge in [-0.1, -0.05) is 13.8 Å². The lowest BCUT2D eigenvalue weighted by atomic mass is 9.65. The van der Waals surface area contributed by atoms with Crippen LogP contribution in [0.4, 0.5) is 0 Å². The quantitative estimate of drug-likeness (QED) is 0.310. The molecule has 0 bridgehead atoms. The van der Waals surface area contributed by atoms with Gasteiger partial charge in [-0.25, -0.2) is 0 Å². The van der Waals surface area contributed by atoms with Crippen LogP contribution in [0.5, 0.6) is 0 Å². The van der Waals surface area contributed by atoms with Gasteiger partial charge >= 0.3 is 0 Å². The lowest BCUT2D eigenvalue weighted by Gasteiger charge is -2.62. The van der Waals surface area contributed by atoms with E-state index in [0.29, 0.717) is 11.5 Å². The number of hydrogen-bond donors (Lipinski definition) is 1. The summed E-state index contributed by atoms with van der Waals surface area (Å²) in [5.74, 6) is 1.01. The second kappa shape index (κ2) is 8.85. The fraction of sp³-hybridized carbons (Fsp3) is 0.941. The largest absolute Gasteiger partial charge is 0.381 e. The molecule has 23 heavy (non-hydrogen) atoms. The Balaban J connectivity index is 0.00000264. The molecule has 2 saturated heterocycles. The minimum Gasteiger partial charge on any atom is -0.381 e. The molecule has 0 radical (unpaired) electrons. The van der Waals surface area contributed by atoms with Gasteiger partial charge in [0.1, 0.15) is 0 Å². The molecule has 0 saturated carbocycles. The van der Waals surface area contributed by atoms with Gasteiger partial charge in [-0.3, -0.25) is 4.99 Å². The summed E-state index contributed by atoms with van der Waals surface area (Å²) in [6.45, 7) is 13.7. The Morgan fingerprint density at radius 3 is 2.43 bits per heavy atom. The number of guanidine groups is 1. The van der Waals surface area contributed by atoms with Gasteiger partial charge in [0.15, 0.2) is 5.96 Å². The summed E-state index contributed by atoms with van der Waals surface area (Å²) in [6, 6.07) is 0. The van der Waals surface area contributed by atoms with Crippen LogP contribution in [0.15, 0.2) is 4.99 Å². The zero-order chi connectivity index (χ0) is 16.2. The van der Waals surface area contributed by atoms with Crippen LogP contribution in [0.2, 0.25) is 0 Å². The van der Waals surface area contributed by atoms with E-state index in [9.17, 15) is 0 Å². The predicted octanol–water partition coefficient (Wildman–Crippen LogP) is 2.89. The predicted molar refractivity (Wildman–Crippen MR) is 106 cm³/mol. The fourth-order valence-electron chi connectivity index (χ4n) is 3.06. The molecule has 2 rings (SSSR count). The molecule has 6 heteroatoms. The first-order valence-corrected chi connectivity index (χ1v) is 8.56. The molecule has 0 atom stereocenters. The van der Waals surface area contributed by atoms with Gasteiger partial charge < -0.3 is 19.7 Å². The first-order valence-electron chi connectivity index (χ1n) is 8.56. The van der Waals surface area contributed by atoms with E-state index in [1.54, 1.807) is 0 Å². The molecule has 0 unspecified atom stereocenters. The van der Waals surface area contributed by atoms with Crippen LogP contribution in [-0.2, 0) is 9.47 Å². The van der Waals surface area contributed by atoms with Crippen LogP contribution in [0, 0.1) is 5.41 Å². The number of aliphatic imine (C=N–C) groups is 1. The smallest absolute Gasteiger partial charge is 0.194 e. The number of nitrogens with one attached hydrogen (secondary N) is 1. The highest BCUT2D eigenvalue weighted by molar-refractivity contribution is 14.0. The van der Waals surface area contributed by atoms with Gasteiger partial charge in [0.05, 0.1) is 6.10 Å². The molecule has 5 nitrogen and oxygen atoms in total. The number of ether oxygens (including phenoxy) is 2. The van der Waals surface area contributed by atoms with Gasteiger partial charge in [-0.05, 0) is 33.1 Å². The summed E-state index contributed by atoms with van der Waals surface area (Å²) in [6.07, 6.45) is 3.47. The molecule has 0 aromatic heterocycles. The Labute approximate surface area is 158 Å². The zero-order valence-electron chi connectivity index (χ0n) is 15.4. The van der Waals surface area contributed by atoms with E-state index >= 15 is 0 Å². The summed E-state index contributed by atoms with van der Waals surface area (Å²) in [7, 11) is 1.86. The van der Waals surface area contributed by atoms with Gasteiger partial charge in [0, 0.05) is 50.9 Å². The molecule has 0 aromatic carbocycles. The maximum Gasteiger partial charge on any atom is 0.194 e. The van der Waals surface area contributed by atoms with Gasteiger partial charge in [0.25, 0.3) is 0 Å². The van der Waals surface area contributed by atoms with E-state index in [4.69, 9.17) is 9.47 Å². The van der Waals surface area contributed by atoms with Gasteiger partial charge in [-0.2, -0.15) is 0 Å². The Morgan fingerprint density at radius 2 is 1.91 bits per heavy atom. The molecular weight excluding hydrogens is 405 g/mol. The molecule has 1 N–H and O–H groups in total. The Hall–Kier alpha value is -0.0800. The molecule has 0 amide bonds. The average Bonchev–Trinajstić information content (AvgIpc) is 2.50. The van der Waals surface area contributed by atoms with Crippen LogP contribution in [0.3, 0.4) is 0 Å². The van der Waals surface area contributed by atoms with Crippen LogP contribution < -0.4 is 5.32 Å². The maximum absolute atomic E-state index is 5.90. The standard InChI is InChI=1S/C17H33N3O2.HI/c1-16(2)13-20(17(16,3)4)15(18-5)19-9-6-10-22-14-7-11-21-12-8-14;/h14H,6-13H2,1-5H3,(H,18,19);1H. The van der Waals surface area contributed by atoms with E-state index in [-0.39, 0.29) is 29.5 Å². The van der Waals surface area contributed by atoms with Crippen molar-refractivity contribution in [3.8, 4) is 0 Å². The number of nitrogens with zero attached hydrogens (tertiary/aromatic N) is 2. The third-order valence-corrected chi connectivity index (χ3v) is 5.48. The topological polar surface area (TPSA) is 46.1 Å². The number of halogens is 1. The molecule has 2 heterocycles. The van der Waals surface area contributed by atoms with Gasteiger partial charge in [-0.15, -0.1) is 24.0 Å². The molecule has 2 aliphatic heterocycles. The van der Waals surface area contributed by atoms with Crippen LogP contribution in [-0.4, -0.2) is 62.5 Å². The van der Waals surface area contributed by atoms with Crippen molar-refractivity contribution in [3.05, 3.63) is 0 Å². The van der Waals surface area contributed by atoms with Crippen molar-refractivity contribution >= 4 is 29.9 Å². The van der Waals surface area contributed by atoms with Crippen molar-refractivity contribution in [2.75, 3.05) is 40.0 Å². The number of rotatable bonds is 5. The minimum atomic E-state index is 0. The fourth-order valence-corrected chi connectivity index (χ4v) is 3.06. The second-order valence-corrected chi connectivity index (χ2v) is 7.54. The highest BCUT2D eigenvalue weighted by atomic mass is 127. The van der Waals surface area contributed by atoms with Crippen LogP contribution in [0.25, 0.3) is 0 Å². The molecule has 0 aromatic rings. The normalized spacial score (nSPS) is 23.9. The first kappa shape index (κ1) is 21.0. The van der Waals surface area contributed by atoms with Crippen molar-refractivity contribution in [2.24, 2.45) is 10.4 Å². The molecule has 2 aliphatic rings. The average molecular weight is 439 g/mol. The number of likely N-dealkylation sites (tertiary alicyclic amines) is 1. The highest BCUT2D eigenvalue weighted by Crippen LogP contribution is 2.46. The summed E-state index contributed by atoms with van der Waals surface area (Å²) in [4.78, 5) is 6.80. The molecule has 136 valence electrons.